The summed E-state index contributed by atoms with van der Waals surface area (Å²) in [6.07, 6.45) is 0. The molecule has 2 aromatic rings. The summed E-state index contributed by atoms with van der Waals surface area (Å²) in [5, 5.41) is 5.24. The monoisotopic (exact) mass is 244 g/mol. The number of anilines is 2. The first-order valence-corrected chi connectivity index (χ1v) is 5.54. The van der Waals surface area contributed by atoms with Crippen molar-refractivity contribution < 1.29 is 9.18 Å². The van der Waals surface area contributed by atoms with Gasteiger partial charge in [0.15, 0.2) is 0 Å². The molecule has 2 amide bonds. The number of hydrogen-bond donors (Lipinski definition) is 2. The van der Waals surface area contributed by atoms with Crippen LogP contribution in [0.25, 0.3) is 0 Å². The fraction of sp³-hybridized carbons (Fsp3) is 0.0714. The van der Waals surface area contributed by atoms with Gasteiger partial charge in [-0.05, 0) is 42.8 Å². The average molecular weight is 244 g/mol. The zero-order chi connectivity index (χ0) is 13.0. The molecule has 0 saturated carbocycles. The van der Waals surface area contributed by atoms with Gasteiger partial charge in [-0.3, -0.25) is 0 Å². The number of amides is 2. The van der Waals surface area contributed by atoms with Crippen molar-refractivity contribution in [2.75, 3.05) is 10.6 Å². The minimum atomic E-state index is -0.397. The Hall–Kier alpha value is -2.36. The second kappa shape index (κ2) is 5.31. The molecule has 0 radical (unpaired) electrons. The Bertz CT molecular complexity index is 535. The Morgan fingerprint density at radius 1 is 1.00 bits per heavy atom. The number of aryl methyl sites for hydroxylation is 1. The molecule has 2 N–H and O–H groups in total. The Labute approximate surface area is 105 Å². The van der Waals surface area contributed by atoms with Crippen LogP contribution in [-0.4, -0.2) is 6.03 Å². The van der Waals surface area contributed by atoms with E-state index < -0.39 is 6.03 Å². The Morgan fingerprint density at radius 2 is 1.67 bits per heavy atom. The molecular weight excluding hydrogens is 231 g/mol. The van der Waals surface area contributed by atoms with Crippen LogP contribution >= 0.6 is 0 Å². The van der Waals surface area contributed by atoms with Crippen molar-refractivity contribution in [1.29, 1.82) is 0 Å². The highest BCUT2D eigenvalue weighted by molar-refractivity contribution is 5.99. The first kappa shape index (κ1) is 12.1. The molecule has 0 heterocycles. The van der Waals surface area contributed by atoms with Crippen molar-refractivity contribution in [3.05, 3.63) is 59.9 Å². The standard InChI is InChI=1S/C14H13FN2O/c1-10-7-11(15)9-13(8-10)17-14(18)16-12-5-3-2-4-6-12/h2-9H,1H3,(H2,16,17,18). The molecule has 0 aliphatic carbocycles. The normalized spacial score (nSPS) is 9.89. The molecule has 4 heteroatoms. The number of halogens is 1. The fourth-order valence-electron chi connectivity index (χ4n) is 1.62. The molecule has 92 valence electrons. The summed E-state index contributed by atoms with van der Waals surface area (Å²) < 4.78 is 13.1. The third-order valence-corrected chi connectivity index (χ3v) is 2.33. The third-order valence-electron chi connectivity index (χ3n) is 2.33. The first-order chi connectivity index (χ1) is 8.63. The number of carbonyl (C=O) groups excluding carboxylic acids is 1. The van der Waals surface area contributed by atoms with Crippen molar-refractivity contribution >= 4 is 17.4 Å². The van der Waals surface area contributed by atoms with E-state index >= 15 is 0 Å². The van der Waals surface area contributed by atoms with E-state index in [4.69, 9.17) is 0 Å². The lowest BCUT2D eigenvalue weighted by Crippen LogP contribution is -2.19. The molecule has 0 unspecified atom stereocenters. The van der Waals surface area contributed by atoms with Gasteiger partial charge in [0.05, 0.1) is 0 Å². The van der Waals surface area contributed by atoms with E-state index in [-0.39, 0.29) is 5.82 Å². The molecule has 2 rings (SSSR count). The van der Waals surface area contributed by atoms with E-state index in [0.29, 0.717) is 11.4 Å². The van der Waals surface area contributed by atoms with Crippen LogP contribution in [0.2, 0.25) is 0 Å². The van der Waals surface area contributed by atoms with E-state index in [1.54, 1.807) is 25.1 Å². The van der Waals surface area contributed by atoms with Crippen LogP contribution in [-0.2, 0) is 0 Å². The van der Waals surface area contributed by atoms with Crippen molar-refractivity contribution in [2.45, 2.75) is 6.92 Å². The van der Waals surface area contributed by atoms with Gasteiger partial charge in [0.2, 0.25) is 0 Å². The Kier molecular flexibility index (Phi) is 3.57. The topological polar surface area (TPSA) is 41.1 Å². The zero-order valence-corrected chi connectivity index (χ0v) is 9.91. The number of benzene rings is 2. The predicted molar refractivity (Wildman–Crippen MR) is 70.2 cm³/mol. The van der Waals surface area contributed by atoms with Gasteiger partial charge in [-0.1, -0.05) is 18.2 Å². The van der Waals surface area contributed by atoms with Gasteiger partial charge < -0.3 is 10.6 Å². The molecular formula is C14H13FN2O. The van der Waals surface area contributed by atoms with Crippen molar-refractivity contribution in [1.82, 2.24) is 0 Å². The zero-order valence-electron chi connectivity index (χ0n) is 9.91. The summed E-state index contributed by atoms with van der Waals surface area (Å²) in [5.74, 6) is -0.370. The minimum absolute atomic E-state index is 0.370. The van der Waals surface area contributed by atoms with Crippen LogP contribution < -0.4 is 10.6 Å². The average Bonchev–Trinajstić information content (AvgIpc) is 2.28. The van der Waals surface area contributed by atoms with Gasteiger partial charge in [-0.15, -0.1) is 0 Å². The van der Waals surface area contributed by atoms with Crippen molar-refractivity contribution in [2.24, 2.45) is 0 Å². The molecule has 0 saturated heterocycles. The van der Waals surface area contributed by atoms with Crippen LogP contribution in [0.1, 0.15) is 5.56 Å². The van der Waals surface area contributed by atoms with Crippen LogP contribution in [0.5, 0.6) is 0 Å². The number of carbonyl (C=O) groups is 1. The molecule has 0 aliphatic heterocycles. The van der Waals surface area contributed by atoms with Crippen LogP contribution in [0.3, 0.4) is 0 Å². The maximum absolute atomic E-state index is 13.1. The van der Waals surface area contributed by atoms with E-state index in [2.05, 4.69) is 10.6 Å². The maximum atomic E-state index is 13.1. The highest BCUT2D eigenvalue weighted by Gasteiger charge is 2.04. The van der Waals surface area contributed by atoms with Gasteiger partial charge in [-0.2, -0.15) is 0 Å². The van der Waals surface area contributed by atoms with Crippen LogP contribution in [0.15, 0.2) is 48.5 Å². The molecule has 18 heavy (non-hydrogen) atoms. The van der Waals surface area contributed by atoms with Crippen LogP contribution in [0.4, 0.5) is 20.6 Å². The molecule has 0 fully saturated rings. The third kappa shape index (κ3) is 3.31. The van der Waals surface area contributed by atoms with E-state index in [1.165, 1.54) is 12.1 Å². The second-order valence-electron chi connectivity index (χ2n) is 3.96. The smallest absolute Gasteiger partial charge is 0.308 e. The fourth-order valence-corrected chi connectivity index (χ4v) is 1.62. The van der Waals surface area contributed by atoms with Crippen LogP contribution in [0, 0.1) is 12.7 Å². The van der Waals surface area contributed by atoms with E-state index in [1.807, 2.05) is 18.2 Å². The Morgan fingerprint density at radius 3 is 2.33 bits per heavy atom. The highest BCUT2D eigenvalue weighted by atomic mass is 19.1. The SMILES string of the molecule is Cc1cc(F)cc(NC(=O)Nc2ccccc2)c1. The molecule has 3 nitrogen and oxygen atoms in total. The summed E-state index contributed by atoms with van der Waals surface area (Å²) in [7, 11) is 0. The summed E-state index contributed by atoms with van der Waals surface area (Å²) in [6, 6.07) is 13.0. The molecule has 2 aromatic carbocycles. The van der Waals surface area contributed by atoms with Gasteiger partial charge in [0, 0.05) is 11.4 Å². The summed E-state index contributed by atoms with van der Waals surface area (Å²) >= 11 is 0. The molecule has 0 aromatic heterocycles. The van der Waals surface area contributed by atoms with Gasteiger partial charge in [0.25, 0.3) is 0 Å². The van der Waals surface area contributed by atoms with E-state index in [9.17, 15) is 9.18 Å². The number of hydrogen-bond acceptors (Lipinski definition) is 1. The quantitative estimate of drug-likeness (QED) is 0.829. The highest BCUT2D eigenvalue weighted by Crippen LogP contribution is 2.14. The summed E-state index contributed by atoms with van der Waals surface area (Å²) in [6.45, 7) is 1.77. The van der Waals surface area contributed by atoms with Gasteiger partial charge in [0.1, 0.15) is 5.82 Å². The summed E-state index contributed by atoms with van der Waals surface area (Å²) in [4.78, 5) is 11.7. The maximum Gasteiger partial charge on any atom is 0.323 e. The minimum Gasteiger partial charge on any atom is -0.308 e. The lowest BCUT2D eigenvalue weighted by atomic mass is 10.2. The molecule has 0 bridgehead atoms. The van der Waals surface area contributed by atoms with Crippen molar-refractivity contribution in [3.8, 4) is 0 Å². The van der Waals surface area contributed by atoms with Gasteiger partial charge in [-0.25, -0.2) is 9.18 Å². The molecule has 0 spiro atoms. The summed E-state index contributed by atoms with van der Waals surface area (Å²) in [5.41, 5.74) is 1.87. The lowest BCUT2D eigenvalue weighted by Gasteiger charge is -2.08. The Balaban J connectivity index is 2.03. The van der Waals surface area contributed by atoms with Gasteiger partial charge >= 0.3 is 6.03 Å². The molecule has 0 aliphatic rings. The number of para-hydroxylation sites is 1. The predicted octanol–water partition coefficient (Wildman–Crippen LogP) is 3.78. The molecule has 0 atom stereocenters. The second-order valence-corrected chi connectivity index (χ2v) is 3.96. The number of urea groups is 1. The lowest BCUT2D eigenvalue weighted by molar-refractivity contribution is 0.262. The van der Waals surface area contributed by atoms with E-state index in [0.717, 1.165) is 5.56 Å². The number of rotatable bonds is 2. The number of nitrogens with one attached hydrogen (secondary N) is 2. The van der Waals surface area contributed by atoms with Crippen molar-refractivity contribution in [3.63, 3.8) is 0 Å². The first-order valence-electron chi connectivity index (χ1n) is 5.54. The largest absolute Gasteiger partial charge is 0.323 e.